The van der Waals surface area contributed by atoms with Gasteiger partial charge in [0.05, 0.1) is 29.9 Å². The summed E-state index contributed by atoms with van der Waals surface area (Å²) in [4.78, 5) is 23.4. The number of carbonyl (C=O) groups is 2. The lowest BCUT2D eigenvalue weighted by Crippen LogP contribution is -2.28. The zero-order valence-electron chi connectivity index (χ0n) is 11.7. The Bertz CT molecular complexity index is 575. The van der Waals surface area contributed by atoms with Gasteiger partial charge < -0.3 is 19.9 Å². The van der Waals surface area contributed by atoms with Crippen LogP contribution in [-0.4, -0.2) is 43.9 Å². The molecule has 0 aromatic heterocycles. The van der Waals surface area contributed by atoms with Crippen LogP contribution in [0, 0.1) is 5.92 Å². The van der Waals surface area contributed by atoms with Gasteiger partial charge >= 0.3 is 5.97 Å². The summed E-state index contributed by atoms with van der Waals surface area (Å²) < 4.78 is 10.0. The third kappa shape index (κ3) is 3.46. The van der Waals surface area contributed by atoms with Crippen molar-refractivity contribution in [3.8, 4) is 5.75 Å². The second-order valence-corrected chi connectivity index (χ2v) is 5.25. The lowest BCUT2D eigenvalue weighted by atomic mass is 10.1. The number of aromatic carboxylic acids is 1. The summed E-state index contributed by atoms with van der Waals surface area (Å²) in [6.07, 6.45) is 0.840. The predicted molar refractivity (Wildman–Crippen MR) is 76.2 cm³/mol. The van der Waals surface area contributed by atoms with Crippen molar-refractivity contribution in [1.29, 1.82) is 0 Å². The van der Waals surface area contributed by atoms with Crippen molar-refractivity contribution >= 4 is 23.5 Å². The molecule has 0 bridgehead atoms. The van der Waals surface area contributed by atoms with Crippen LogP contribution in [-0.2, 0) is 4.74 Å². The monoisotopic (exact) mass is 313 g/mol. The Labute approximate surface area is 127 Å². The van der Waals surface area contributed by atoms with Crippen molar-refractivity contribution in [3.05, 3.63) is 28.3 Å². The smallest absolute Gasteiger partial charge is 0.337 e. The fourth-order valence-electron chi connectivity index (χ4n) is 2.11. The van der Waals surface area contributed by atoms with E-state index in [-0.39, 0.29) is 27.9 Å². The van der Waals surface area contributed by atoms with Gasteiger partial charge in [0.25, 0.3) is 5.91 Å². The molecule has 0 unspecified atom stereocenters. The summed E-state index contributed by atoms with van der Waals surface area (Å²) in [6, 6.07) is 2.75. The average molecular weight is 314 g/mol. The molecule has 0 saturated heterocycles. The minimum absolute atomic E-state index is 0.0352. The van der Waals surface area contributed by atoms with Gasteiger partial charge in [0, 0.05) is 19.1 Å². The molecule has 1 aliphatic carbocycles. The Hall–Kier alpha value is -1.79. The summed E-state index contributed by atoms with van der Waals surface area (Å²) in [7, 11) is 3.00. The number of carboxylic acid groups (broad SMARTS) is 1. The van der Waals surface area contributed by atoms with Crippen LogP contribution in [0.1, 0.15) is 27.1 Å². The third-order valence-electron chi connectivity index (χ3n) is 3.38. The number of rotatable bonds is 6. The van der Waals surface area contributed by atoms with Crippen molar-refractivity contribution in [2.24, 2.45) is 5.92 Å². The largest absolute Gasteiger partial charge is 0.497 e. The van der Waals surface area contributed by atoms with Gasteiger partial charge in [-0.05, 0) is 18.6 Å². The van der Waals surface area contributed by atoms with Gasteiger partial charge in [0.1, 0.15) is 5.75 Å². The Morgan fingerprint density at radius 1 is 1.38 bits per heavy atom. The topological polar surface area (TPSA) is 84.9 Å². The van der Waals surface area contributed by atoms with Gasteiger partial charge in [-0.15, -0.1) is 0 Å². The maximum absolute atomic E-state index is 12.2. The van der Waals surface area contributed by atoms with E-state index >= 15 is 0 Å². The Morgan fingerprint density at radius 3 is 2.62 bits per heavy atom. The first-order valence-electron chi connectivity index (χ1n) is 6.38. The number of methoxy groups -OCH3 is 2. The molecule has 114 valence electrons. The molecule has 1 amide bonds. The number of amides is 1. The molecule has 21 heavy (non-hydrogen) atoms. The van der Waals surface area contributed by atoms with E-state index < -0.39 is 11.9 Å². The van der Waals surface area contributed by atoms with Crippen LogP contribution in [0.15, 0.2) is 12.1 Å². The number of halogens is 1. The van der Waals surface area contributed by atoms with Gasteiger partial charge in [-0.3, -0.25) is 4.79 Å². The van der Waals surface area contributed by atoms with Crippen LogP contribution in [0.4, 0.5) is 0 Å². The Kier molecular flexibility index (Phi) is 4.69. The molecule has 1 aromatic rings. The van der Waals surface area contributed by atoms with E-state index in [2.05, 4.69) is 5.32 Å². The number of benzene rings is 1. The molecule has 1 saturated carbocycles. The van der Waals surface area contributed by atoms with Gasteiger partial charge in [-0.1, -0.05) is 11.6 Å². The highest BCUT2D eigenvalue weighted by Gasteiger charge is 2.38. The van der Waals surface area contributed by atoms with Gasteiger partial charge in [0.2, 0.25) is 0 Å². The molecular formula is C14H16ClNO5. The number of carboxylic acids is 1. The molecule has 2 N–H and O–H groups in total. The molecule has 2 rings (SSSR count). The molecule has 2 atom stereocenters. The summed E-state index contributed by atoms with van der Waals surface area (Å²) in [5.41, 5.74) is -0.0677. The fourth-order valence-corrected chi connectivity index (χ4v) is 2.38. The molecule has 1 fully saturated rings. The van der Waals surface area contributed by atoms with Crippen molar-refractivity contribution in [2.45, 2.75) is 12.5 Å². The molecule has 6 nitrogen and oxygen atoms in total. The van der Waals surface area contributed by atoms with Gasteiger partial charge in [-0.2, -0.15) is 0 Å². The summed E-state index contributed by atoms with van der Waals surface area (Å²) >= 11 is 6.01. The van der Waals surface area contributed by atoms with Crippen molar-refractivity contribution < 1.29 is 24.2 Å². The van der Waals surface area contributed by atoms with Crippen molar-refractivity contribution in [2.75, 3.05) is 20.8 Å². The first-order valence-corrected chi connectivity index (χ1v) is 6.76. The van der Waals surface area contributed by atoms with E-state index in [0.29, 0.717) is 12.5 Å². The first-order chi connectivity index (χ1) is 9.97. The normalized spacial score (nSPS) is 20.0. The molecule has 0 aliphatic heterocycles. The van der Waals surface area contributed by atoms with Crippen LogP contribution in [0.25, 0.3) is 0 Å². The number of nitrogens with one attached hydrogen (secondary N) is 1. The lowest BCUT2D eigenvalue weighted by Gasteiger charge is -2.10. The molecule has 7 heteroatoms. The second-order valence-electron chi connectivity index (χ2n) is 4.87. The summed E-state index contributed by atoms with van der Waals surface area (Å²) in [5.74, 6) is -1.06. The number of ether oxygens (including phenoxy) is 2. The predicted octanol–water partition coefficient (Wildman–Crippen LogP) is 1.81. The Balaban J connectivity index is 2.20. The van der Waals surface area contributed by atoms with Gasteiger partial charge in [0.15, 0.2) is 0 Å². The van der Waals surface area contributed by atoms with E-state index in [1.54, 1.807) is 7.11 Å². The van der Waals surface area contributed by atoms with Crippen LogP contribution < -0.4 is 10.1 Å². The molecule has 1 aromatic carbocycles. The highest BCUT2D eigenvalue weighted by atomic mass is 35.5. The van der Waals surface area contributed by atoms with E-state index in [0.717, 1.165) is 6.42 Å². The van der Waals surface area contributed by atoms with Crippen molar-refractivity contribution in [1.82, 2.24) is 5.32 Å². The highest BCUT2D eigenvalue weighted by Crippen LogP contribution is 2.32. The third-order valence-corrected chi connectivity index (χ3v) is 3.78. The summed E-state index contributed by atoms with van der Waals surface area (Å²) in [5, 5.41) is 11.8. The first kappa shape index (κ1) is 15.6. The SMILES string of the molecule is COC[C@H]1C[C@@H]1NC(=O)c1cc(OC)cc(C(=O)O)c1Cl. The zero-order chi connectivity index (χ0) is 15.6. The van der Waals surface area contributed by atoms with E-state index in [4.69, 9.17) is 26.2 Å². The van der Waals surface area contributed by atoms with E-state index in [1.807, 2.05) is 0 Å². The van der Waals surface area contributed by atoms with Crippen LogP contribution in [0.5, 0.6) is 5.75 Å². The second kappa shape index (κ2) is 6.32. The fraction of sp³-hybridized carbons (Fsp3) is 0.429. The highest BCUT2D eigenvalue weighted by molar-refractivity contribution is 6.36. The molecule has 0 radical (unpaired) electrons. The van der Waals surface area contributed by atoms with Crippen LogP contribution in [0.2, 0.25) is 5.02 Å². The maximum atomic E-state index is 12.2. The molecule has 0 heterocycles. The molecule has 0 spiro atoms. The van der Waals surface area contributed by atoms with Crippen LogP contribution >= 0.6 is 11.6 Å². The quantitative estimate of drug-likeness (QED) is 0.836. The molecular weight excluding hydrogens is 298 g/mol. The van der Waals surface area contributed by atoms with Gasteiger partial charge in [-0.25, -0.2) is 4.79 Å². The van der Waals surface area contributed by atoms with Crippen molar-refractivity contribution in [3.63, 3.8) is 0 Å². The number of hydrogen-bond donors (Lipinski definition) is 2. The number of carbonyl (C=O) groups excluding carboxylic acids is 1. The average Bonchev–Trinajstić information content (AvgIpc) is 3.16. The van der Waals surface area contributed by atoms with Crippen LogP contribution in [0.3, 0.4) is 0 Å². The van der Waals surface area contributed by atoms with E-state index in [1.165, 1.54) is 19.2 Å². The minimum atomic E-state index is -1.21. The number of hydrogen-bond acceptors (Lipinski definition) is 4. The minimum Gasteiger partial charge on any atom is -0.497 e. The standard InChI is InChI=1S/C14H16ClNO5/c1-20-6-7-3-11(7)16-13(17)9-4-8(21-2)5-10(12(9)15)14(18)19/h4-5,7,11H,3,6H2,1-2H3,(H,16,17)(H,18,19)/t7-,11+/m1/s1. The zero-order valence-corrected chi connectivity index (χ0v) is 12.4. The summed E-state index contributed by atoms with van der Waals surface area (Å²) in [6.45, 7) is 0.581. The lowest BCUT2D eigenvalue weighted by molar-refractivity contribution is 0.0696. The maximum Gasteiger partial charge on any atom is 0.337 e. The molecule has 1 aliphatic rings. The van der Waals surface area contributed by atoms with E-state index in [9.17, 15) is 9.59 Å². The Morgan fingerprint density at radius 2 is 2.05 bits per heavy atom.